The Morgan fingerprint density at radius 3 is 2.29 bits per heavy atom. The summed E-state index contributed by atoms with van der Waals surface area (Å²) in [6, 6.07) is 14.7. The molecule has 1 radical (unpaired) electrons. The van der Waals surface area contributed by atoms with Crippen molar-refractivity contribution in [3.8, 4) is 5.75 Å². The molecule has 0 bridgehead atoms. The van der Waals surface area contributed by atoms with Gasteiger partial charge >= 0.3 is 5.97 Å². The molecule has 0 aliphatic rings. The van der Waals surface area contributed by atoms with Crippen molar-refractivity contribution in [2.75, 3.05) is 0 Å². The van der Waals surface area contributed by atoms with Crippen LogP contribution in [0.15, 0.2) is 48.5 Å². The van der Waals surface area contributed by atoms with Gasteiger partial charge in [0.2, 0.25) is 0 Å². The van der Waals surface area contributed by atoms with Gasteiger partial charge in [0.05, 0.1) is 11.7 Å². The largest absolute Gasteiger partial charge is 0.459 e. The Morgan fingerprint density at radius 1 is 0.952 bits per heavy atom. The van der Waals surface area contributed by atoms with Crippen LogP contribution in [0.25, 0.3) is 21.5 Å². The molecule has 0 N–H and O–H groups in total. The first kappa shape index (κ1) is 13.4. The lowest BCUT2D eigenvalue weighted by Crippen LogP contribution is -2.11. The van der Waals surface area contributed by atoms with Gasteiger partial charge < -0.3 is 4.74 Å². The molecule has 0 heterocycles. The van der Waals surface area contributed by atoms with Crippen molar-refractivity contribution in [3.05, 3.63) is 54.1 Å². The summed E-state index contributed by atoms with van der Waals surface area (Å²) in [5, 5.41) is 15.7. The highest BCUT2D eigenvalue weighted by atomic mass is 16.5. The Kier molecular flexibility index (Phi) is 3.26. The molecule has 0 saturated heterocycles. The summed E-state index contributed by atoms with van der Waals surface area (Å²) in [7, 11) is 0. The molecule has 0 fully saturated rings. The van der Waals surface area contributed by atoms with Crippen molar-refractivity contribution >= 4 is 27.5 Å². The van der Waals surface area contributed by atoms with Crippen molar-refractivity contribution in [3.63, 3.8) is 0 Å². The van der Waals surface area contributed by atoms with Crippen molar-refractivity contribution < 1.29 is 14.6 Å². The lowest BCUT2D eigenvalue weighted by molar-refractivity contribution is 0.0377. The summed E-state index contributed by atoms with van der Waals surface area (Å²) in [4.78, 5) is 12.0. The number of hydrogen-bond donors (Lipinski definition) is 0. The third-order valence-corrected chi connectivity index (χ3v) is 3.36. The Labute approximate surface area is 122 Å². The Bertz CT molecular complexity index is 834. The lowest BCUT2D eigenvalue weighted by Gasteiger charge is -2.09. The molecule has 0 atom stereocenters. The predicted molar refractivity (Wildman–Crippen MR) is 82.1 cm³/mol. The molecule has 0 aromatic heterocycles. The van der Waals surface area contributed by atoms with E-state index >= 15 is 0 Å². The van der Waals surface area contributed by atoms with Crippen LogP contribution in [0, 0.1) is 0 Å². The lowest BCUT2D eigenvalue weighted by atomic mass is 10.0. The molecular formula is C18H15O3. The van der Waals surface area contributed by atoms with E-state index in [9.17, 15) is 9.90 Å². The van der Waals surface area contributed by atoms with Crippen molar-refractivity contribution in [2.45, 2.75) is 20.0 Å². The summed E-state index contributed by atoms with van der Waals surface area (Å²) in [6.07, 6.45) is -0.208. The zero-order chi connectivity index (χ0) is 15.0. The van der Waals surface area contributed by atoms with E-state index in [2.05, 4.69) is 0 Å². The van der Waals surface area contributed by atoms with Crippen molar-refractivity contribution in [2.24, 2.45) is 0 Å². The summed E-state index contributed by atoms with van der Waals surface area (Å²) < 4.78 is 5.15. The number of ether oxygens (including phenoxy) is 1. The van der Waals surface area contributed by atoms with E-state index in [-0.39, 0.29) is 11.9 Å². The van der Waals surface area contributed by atoms with Crippen LogP contribution < -0.4 is 0 Å². The van der Waals surface area contributed by atoms with Gasteiger partial charge in [-0.1, -0.05) is 24.3 Å². The Morgan fingerprint density at radius 2 is 1.62 bits per heavy atom. The number of carbonyl (C=O) groups is 1. The molecule has 3 nitrogen and oxygen atoms in total. The van der Waals surface area contributed by atoms with Gasteiger partial charge in [0.1, 0.15) is 0 Å². The SMILES string of the molecule is CC(C)OC(=O)c1cc([O])c2cc3ccccc3cc2c1. The number of fused-ring (bicyclic) bond motifs is 2. The molecule has 105 valence electrons. The Balaban J connectivity index is 2.18. The van der Waals surface area contributed by atoms with Crippen LogP contribution in [-0.4, -0.2) is 12.1 Å². The maximum atomic E-state index is 12.2. The summed E-state index contributed by atoms with van der Waals surface area (Å²) in [6.45, 7) is 3.56. The average Bonchev–Trinajstić information content (AvgIpc) is 2.44. The van der Waals surface area contributed by atoms with Crippen molar-refractivity contribution in [1.29, 1.82) is 0 Å². The maximum Gasteiger partial charge on any atom is 0.338 e. The monoisotopic (exact) mass is 279 g/mol. The van der Waals surface area contributed by atoms with Gasteiger partial charge in [0.15, 0.2) is 5.75 Å². The maximum absolute atomic E-state index is 12.2. The third-order valence-electron chi connectivity index (χ3n) is 3.36. The predicted octanol–water partition coefficient (Wildman–Crippen LogP) is 4.70. The van der Waals surface area contributed by atoms with E-state index in [0.29, 0.717) is 10.9 Å². The van der Waals surface area contributed by atoms with Gasteiger partial charge in [-0.2, -0.15) is 0 Å². The second-order valence-electron chi connectivity index (χ2n) is 5.35. The van der Waals surface area contributed by atoms with E-state index < -0.39 is 5.97 Å². The number of hydrogen-bond acceptors (Lipinski definition) is 2. The van der Waals surface area contributed by atoms with Gasteiger partial charge in [-0.25, -0.2) is 4.79 Å². The minimum absolute atomic E-state index is 0.158. The number of esters is 1. The molecule has 0 aliphatic heterocycles. The first-order valence-corrected chi connectivity index (χ1v) is 6.89. The summed E-state index contributed by atoms with van der Waals surface area (Å²) in [5.74, 6) is -0.619. The molecule has 0 aliphatic carbocycles. The first-order chi connectivity index (χ1) is 10.0. The topological polar surface area (TPSA) is 46.2 Å². The van der Waals surface area contributed by atoms with Gasteiger partial charge in [0, 0.05) is 11.5 Å². The zero-order valence-electron chi connectivity index (χ0n) is 11.9. The van der Waals surface area contributed by atoms with E-state index in [4.69, 9.17) is 4.74 Å². The summed E-state index contributed by atoms with van der Waals surface area (Å²) in [5.41, 5.74) is 0.302. The smallest absolute Gasteiger partial charge is 0.338 e. The second kappa shape index (κ2) is 5.09. The highest BCUT2D eigenvalue weighted by Gasteiger charge is 2.14. The van der Waals surface area contributed by atoms with Crippen LogP contribution in [0.1, 0.15) is 24.2 Å². The van der Waals surface area contributed by atoms with Gasteiger partial charge in [-0.15, -0.1) is 0 Å². The van der Waals surface area contributed by atoms with Gasteiger partial charge in [0.25, 0.3) is 0 Å². The van der Waals surface area contributed by atoms with Crippen LogP contribution in [-0.2, 0) is 9.84 Å². The molecule has 3 rings (SSSR count). The average molecular weight is 279 g/mol. The first-order valence-electron chi connectivity index (χ1n) is 6.89. The fourth-order valence-corrected chi connectivity index (χ4v) is 2.42. The minimum atomic E-state index is -0.461. The number of carbonyl (C=O) groups excluding carboxylic acids is 1. The van der Waals surface area contributed by atoms with E-state index in [1.807, 2.05) is 36.4 Å². The molecular weight excluding hydrogens is 264 g/mol. The van der Waals surface area contributed by atoms with Crippen LogP contribution in [0.3, 0.4) is 0 Å². The van der Waals surface area contributed by atoms with E-state index in [1.165, 1.54) is 6.07 Å². The Hall–Kier alpha value is -2.55. The minimum Gasteiger partial charge on any atom is -0.459 e. The van der Waals surface area contributed by atoms with Crippen molar-refractivity contribution in [1.82, 2.24) is 0 Å². The quantitative estimate of drug-likeness (QED) is 0.504. The van der Waals surface area contributed by atoms with E-state index in [1.54, 1.807) is 19.9 Å². The van der Waals surface area contributed by atoms with Gasteiger partial charge in [-0.05, 0) is 48.2 Å². The van der Waals surface area contributed by atoms with Crippen LogP contribution in [0.5, 0.6) is 5.75 Å². The van der Waals surface area contributed by atoms with Crippen LogP contribution >= 0.6 is 0 Å². The fraction of sp³-hybridized carbons (Fsp3) is 0.167. The number of benzene rings is 3. The standard InChI is InChI=1S/C18H15O3/c1-11(2)21-18(20)15-8-14-7-12-5-3-4-6-13(12)9-16(14)17(19)10-15/h3-11H,1-2H3. The van der Waals surface area contributed by atoms with Gasteiger partial charge in [-0.3, -0.25) is 5.11 Å². The molecule has 3 aromatic rings. The molecule has 0 spiro atoms. The molecule has 0 amide bonds. The van der Waals surface area contributed by atoms with E-state index in [0.717, 1.165) is 16.2 Å². The molecule has 0 saturated carbocycles. The molecule has 3 heteroatoms. The molecule has 0 unspecified atom stereocenters. The fourth-order valence-electron chi connectivity index (χ4n) is 2.42. The van der Waals surface area contributed by atoms with Crippen LogP contribution in [0.4, 0.5) is 0 Å². The highest BCUT2D eigenvalue weighted by Crippen LogP contribution is 2.31. The third kappa shape index (κ3) is 2.55. The zero-order valence-corrected chi connectivity index (χ0v) is 11.9. The molecule has 3 aromatic carbocycles. The molecule has 21 heavy (non-hydrogen) atoms. The van der Waals surface area contributed by atoms with Crippen LogP contribution in [0.2, 0.25) is 0 Å². The second-order valence-corrected chi connectivity index (χ2v) is 5.35. The highest BCUT2D eigenvalue weighted by molar-refractivity contribution is 6.04. The summed E-state index contributed by atoms with van der Waals surface area (Å²) >= 11 is 0. The normalized spacial score (nSPS) is 11.2. The number of rotatable bonds is 2.